The van der Waals surface area contributed by atoms with Gasteiger partial charge in [0.1, 0.15) is 10.6 Å². The molecular formula is C16H16Cl3NO3S. The second-order valence-electron chi connectivity index (χ2n) is 5.42. The summed E-state index contributed by atoms with van der Waals surface area (Å²) in [4.78, 5) is 0.0262. The van der Waals surface area contributed by atoms with Gasteiger partial charge in [-0.2, -0.15) is 0 Å². The molecule has 24 heavy (non-hydrogen) atoms. The highest BCUT2D eigenvalue weighted by Gasteiger charge is 2.22. The first kappa shape index (κ1) is 19.2. The van der Waals surface area contributed by atoms with E-state index in [1.165, 1.54) is 19.2 Å². The number of anilines is 1. The normalized spacial score (nSPS) is 11.6. The molecule has 1 N–H and O–H groups in total. The Hall–Kier alpha value is -1.14. The van der Waals surface area contributed by atoms with Gasteiger partial charge in [-0.1, -0.05) is 54.7 Å². The maximum absolute atomic E-state index is 12.8. The van der Waals surface area contributed by atoms with Crippen molar-refractivity contribution >= 4 is 50.5 Å². The van der Waals surface area contributed by atoms with E-state index in [9.17, 15) is 8.42 Å². The lowest BCUT2D eigenvalue weighted by Crippen LogP contribution is -2.15. The van der Waals surface area contributed by atoms with E-state index in [0.29, 0.717) is 0 Å². The zero-order chi connectivity index (χ0) is 18.1. The van der Waals surface area contributed by atoms with E-state index in [0.717, 1.165) is 5.56 Å². The largest absolute Gasteiger partial charge is 0.495 e. The highest BCUT2D eigenvalue weighted by Crippen LogP contribution is 2.35. The monoisotopic (exact) mass is 407 g/mol. The molecule has 0 atom stereocenters. The number of ether oxygens (including phenoxy) is 1. The van der Waals surface area contributed by atoms with Crippen LogP contribution < -0.4 is 9.46 Å². The van der Waals surface area contributed by atoms with Crippen LogP contribution in [0.15, 0.2) is 35.2 Å². The number of rotatable bonds is 5. The first-order valence-electron chi connectivity index (χ1n) is 7.01. The fourth-order valence-corrected chi connectivity index (χ4v) is 3.99. The summed E-state index contributed by atoms with van der Waals surface area (Å²) < 4.78 is 33.2. The molecule has 0 radical (unpaired) electrons. The fourth-order valence-electron chi connectivity index (χ4n) is 2.06. The van der Waals surface area contributed by atoms with Gasteiger partial charge in [-0.25, -0.2) is 8.42 Å². The van der Waals surface area contributed by atoms with Crippen LogP contribution in [0.5, 0.6) is 5.75 Å². The molecule has 2 aromatic rings. The van der Waals surface area contributed by atoms with Crippen LogP contribution >= 0.6 is 34.8 Å². The summed E-state index contributed by atoms with van der Waals surface area (Å²) in [5, 5.41) is 0.581. The van der Waals surface area contributed by atoms with Gasteiger partial charge in [-0.3, -0.25) is 4.72 Å². The first-order valence-corrected chi connectivity index (χ1v) is 9.62. The number of hydrogen-bond donors (Lipinski definition) is 1. The number of methoxy groups -OCH3 is 1. The molecule has 0 saturated carbocycles. The summed E-state index contributed by atoms with van der Waals surface area (Å²) in [6.45, 7) is 3.95. The molecular weight excluding hydrogens is 393 g/mol. The number of halogens is 3. The SMILES string of the molecule is COc1ccc(C(C)C)cc1S(=O)(=O)Nc1cc(Cl)c(Cl)cc1Cl. The van der Waals surface area contributed by atoms with Crippen molar-refractivity contribution in [2.24, 2.45) is 0 Å². The maximum atomic E-state index is 12.8. The molecule has 0 aliphatic heterocycles. The molecule has 0 heterocycles. The van der Waals surface area contributed by atoms with Crippen LogP contribution in [0.1, 0.15) is 25.3 Å². The van der Waals surface area contributed by atoms with Crippen LogP contribution in [0.3, 0.4) is 0 Å². The zero-order valence-electron chi connectivity index (χ0n) is 13.2. The topological polar surface area (TPSA) is 55.4 Å². The van der Waals surface area contributed by atoms with Crippen LogP contribution in [0.25, 0.3) is 0 Å². The molecule has 8 heteroatoms. The lowest BCUT2D eigenvalue weighted by molar-refractivity contribution is 0.402. The quantitative estimate of drug-likeness (QED) is 0.657. The van der Waals surface area contributed by atoms with Gasteiger partial charge < -0.3 is 4.74 Å². The van der Waals surface area contributed by atoms with Crippen molar-refractivity contribution in [2.45, 2.75) is 24.7 Å². The van der Waals surface area contributed by atoms with E-state index in [4.69, 9.17) is 39.5 Å². The van der Waals surface area contributed by atoms with Crippen molar-refractivity contribution in [1.82, 2.24) is 0 Å². The summed E-state index contributed by atoms with van der Waals surface area (Å²) in [5.41, 5.74) is 1.01. The van der Waals surface area contributed by atoms with Crippen LogP contribution in [0.2, 0.25) is 15.1 Å². The van der Waals surface area contributed by atoms with Gasteiger partial charge in [0, 0.05) is 0 Å². The molecule has 2 aromatic carbocycles. The van der Waals surface area contributed by atoms with Gasteiger partial charge in [0.05, 0.1) is 27.9 Å². The van der Waals surface area contributed by atoms with Crippen molar-refractivity contribution in [3.05, 3.63) is 51.0 Å². The molecule has 0 aliphatic carbocycles. The van der Waals surface area contributed by atoms with Crippen LogP contribution in [0.4, 0.5) is 5.69 Å². The average molecular weight is 409 g/mol. The van der Waals surface area contributed by atoms with Gasteiger partial charge in [0.15, 0.2) is 0 Å². The van der Waals surface area contributed by atoms with E-state index in [-0.39, 0.29) is 37.3 Å². The molecule has 4 nitrogen and oxygen atoms in total. The number of sulfonamides is 1. The molecule has 130 valence electrons. The van der Waals surface area contributed by atoms with E-state index in [1.54, 1.807) is 12.1 Å². The minimum Gasteiger partial charge on any atom is -0.495 e. The summed E-state index contributed by atoms with van der Waals surface area (Å²) in [7, 11) is -2.51. The summed E-state index contributed by atoms with van der Waals surface area (Å²) in [6.07, 6.45) is 0. The van der Waals surface area contributed by atoms with E-state index < -0.39 is 10.0 Å². The Bertz CT molecular complexity index is 867. The second-order valence-corrected chi connectivity index (χ2v) is 8.29. The van der Waals surface area contributed by atoms with Crippen molar-refractivity contribution in [2.75, 3.05) is 11.8 Å². The summed E-state index contributed by atoms with van der Waals surface area (Å²) >= 11 is 17.8. The van der Waals surface area contributed by atoms with Gasteiger partial charge in [0.25, 0.3) is 10.0 Å². The van der Waals surface area contributed by atoms with Crippen molar-refractivity contribution in [3.8, 4) is 5.75 Å². The minimum atomic E-state index is -3.93. The number of hydrogen-bond acceptors (Lipinski definition) is 3. The lowest BCUT2D eigenvalue weighted by atomic mass is 10.0. The average Bonchev–Trinajstić information content (AvgIpc) is 2.51. The zero-order valence-corrected chi connectivity index (χ0v) is 16.3. The van der Waals surface area contributed by atoms with E-state index >= 15 is 0 Å². The maximum Gasteiger partial charge on any atom is 0.265 e. The molecule has 0 aromatic heterocycles. The van der Waals surface area contributed by atoms with Crippen LogP contribution in [-0.4, -0.2) is 15.5 Å². The van der Waals surface area contributed by atoms with Gasteiger partial charge in [0.2, 0.25) is 0 Å². The Morgan fingerprint density at radius 2 is 1.62 bits per heavy atom. The predicted molar refractivity (Wildman–Crippen MR) is 99.4 cm³/mol. The fraction of sp³-hybridized carbons (Fsp3) is 0.250. The lowest BCUT2D eigenvalue weighted by Gasteiger charge is -2.15. The molecule has 0 amide bonds. The third-order valence-electron chi connectivity index (χ3n) is 3.40. The molecule has 2 rings (SSSR count). The van der Waals surface area contributed by atoms with Crippen LogP contribution in [-0.2, 0) is 10.0 Å². The Labute approximate surface area is 156 Å². The summed E-state index contributed by atoms with van der Waals surface area (Å²) in [6, 6.07) is 7.78. The van der Waals surface area contributed by atoms with E-state index in [2.05, 4.69) is 4.72 Å². The molecule has 0 spiro atoms. The second kappa shape index (κ2) is 7.40. The van der Waals surface area contributed by atoms with Crippen LogP contribution in [0, 0.1) is 0 Å². The van der Waals surface area contributed by atoms with Gasteiger partial charge >= 0.3 is 0 Å². The molecule has 0 bridgehead atoms. The van der Waals surface area contributed by atoms with Crippen molar-refractivity contribution in [1.29, 1.82) is 0 Å². The summed E-state index contributed by atoms with van der Waals surface area (Å²) in [5.74, 6) is 0.404. The number of nitrogens with one attached hydrogen (secondary N) is 1. The smallest absolute Gasteiger partial charge is 0.265 e. The Morgan fingerprint density at radius 3 is 2.21 bits per heavy atom. The Kier molecular flexibility index (Phi) is 5.91. The molecule has 0 unspecified atom stereocenters. The standard InChI is InChI=1S/C16H16Cl3NO3S/c1-9(2)10-4-5-15(23-3)16(6-10)24(21,22)20-14-8-12(18)11(17)7-13(14)19/h4-9,20H,1-3H3. The third-order valence-corrected chi connectivity index (χ3v) is 5.82. The minimum absolute atomic E-state index is 0.0262. The molecule has 0 fully saturated rings. The molecule has 0 saturated heterocycles. The third kappa shape index (κ3) is 4.09. The highest BCUT2D eigenvalue weighted by atomic mass is 35.5. The predicted octanol–water partition coefficient (Wildman–Crippen LogP) is 5.58. The van der Waals surface area contributed by atoms with Crippen molar-refractivity contribution in [3.63, 3.8) is 0 Å². The molecule has 0 aliphatic rings. The van der Waals surface area contributed by atoms with E-state index in [1.807, 2.05) is 19.9 Å². The highest BCUT2D eigenvalue weighted by molar-refractivity contribution is 7.92. The Balaban J connectivity index is 2.51. The van der Waals surface area contributed by atoms with Crippen molar-refractivity contribution < 1.29 is 13.2 Å². The first-order chi connectivity index (χ1) is 11.2. The number of benzene rings is 2. The van der Waals surface area contributed by atoms with Gasteiger partial charge in [-0.05, 0) is 35.7 Å². The van der Waals surface area contributed by atoms with Gasteiger partial charge in [-0.15, -0.1) is 0 Å². The Morgan fingerprint density at radius 1 is 1.00 bits per heavy atom.